The molecule has 0 radical (unpaired) electrons. The molecule has 24 heavy (non-hydrogen) atoms. The summed E-state index contributed by atoms with van der Waals surface area (Å²) in [4.78, 5) is 28.8. The summed E-state index contributed by atoms with van der Waals surface area (Å²) in [6.45, 7) is 6.99. The van der Waals surface area contributed by atoms with E-state index in [1.54, 1.807) is 0 Å². The second-order valence-electron chi connectivity index (χ2n) is 6.84. The van der Waals surface area contributed by atoms with Gasteiger partial charge in [0, 0.05) is 38.1 Å². The van der Waals surface area contributed by atoms with Crippen molar-refractivity contribution in [1.82, 2.24) is 20.4 Å². The summed E-state index contributed by atoms with van der Waals surface area (Å²) >= 11 is 0. The third kappa shape index (κ3) is 5.48. The molecule has 0 aromatic carbocycles. The van der Waals surface area contributed by atoms with E-state index in [4.69, 9.17) is 0 Å². The molecule has 140 valence electrons. The Bertz CT molecular complexity index is 420. The van der Waals surface area contributed by atoms with Crippen LogP contribution in [0.4, 0.5) is 0 Å². The third-order valence-electron chi connectivity index (χ3n) is 5.17. The van der Waals surface area contributed by atoms with Crippen LogP contribution in [-0.2, 0) is 9.59 Å². The molecule has 3 aliphatic rings. The average Bonchev–Trinajstić information content (AvgIpc) is 3.38. The number of nitrogens with zero attached hydrogens (tertiary/aromatic N) is 2. The highest BCUT2D eigenvalue weighted by Gasteiger charge is 2.32. The van der Waals surface area contributed by atoms with Gasteiger partial charge >= 0.3 is 0 Å². The zero-order valence-corrected chi connectivity index (χ0v) is 16.0. The fraction of sp³-hybridized carbons (Fsp3) is 0.875. The first-order valence-electron chi connectivity index (χ1n) is 8.69. The molecule has 1 atom stereocenters. The van der Waals surface area contributed by atoms with Crippen LogP contribution in [0.25, 0.3) is 0 Å². The predicted molar refractivity (Wildman–Crippen MR) is 98.9 cm³/mol. The van der Waals surface area contributed by atoms with Crippen LogP contribution in [0.2, 0.25) is 0 Å². The van der Waals surface area contributed by atoms with Crippen molar-refractivity contribution >= 4 is 36.6 Å². The minimum Gasteiger partial charge on any atom is -0.352 e. The Morgan fingerprint density at radius 1 is 1.00 bits per heavy atom. The SMILES string of the molecule is CC(C(=O)NC1CC1)N1CCN(C(=O)C2CCNCC2)CC1.Cl.Cl. The van der Waals surface area contributed by atoms with E-state index in [9.17, 15) is 9.59 Å². The summed E-state index contributed by atoms with van der Waals surface area (Å²) in [6, 6.07) is 0.328. The van der Waals surface area contributed by atoms with Crippen molar-refractivity contribution in [2.45, 2.75) is 44.7 Å². The molecule has 1 aliphatic carbocycles. The van der Waals surface area contributed by atoms with Crippen LogP contribution >= 0.6 is 24.8 Å². The van der Waals surface area contributed by atoms with Gasteiger partial charge in [-0.2, -0.15) is 0 Å². The van der Waals surface area contributed by atoms with Gasteiger partial charge in [-0.1, -0.05) is 0 Å². The van der Waals surface area contributed by atoms with E-state index >= 15 is 0 Å². The van der Waals surface area contributed by atoms with Crippen LogP contribution in [-0.4, -0.2) is 73.0 Å². The summed E-state index contributed by atoms with van der Waals surface area (Å²) in [5.74, 6) is 0.653. The molecule has 3 rings (SSSR count). The van der Waals surface area contributed by atoms with Crippen LogP contribution in [0.5, 0.6) is 0 Å². The molecular weight excluding hydrogens is 351 g/mol. The molecule has 2 aliphatic heterocycles. The summed E-state index contributed by atoms with van der Waals surface area (Å²) in [5, 5.41) is 6.37. The first-order valence-corrected chi connectivity index (χ1v) is 8.69. The van der Waals surface area contributed by atoms with Crippen molar-refractivity contribution in [3.63, 3.8) is 0 Å². The van der Waals surface area contributed by atoms with Crippen molar-refractivity contribution < 1.29 is 9.59 Å². The van der Waals surface area contributed by atoms with E-state index in [2.05, 4.69) is 15.5 Å². The normalized spacial score (nSPS) is 23.6. The maximum atomic E-state index is 12.5. The molecule has 0 spiro atoms. The van der Waals surface area contributed by atoms with Crippen molar-refractivity contribution in [1.29, 1.82) is 0 Å². The van der Waals surface area contributed by atoms with Gasteiger partial charge in [-0.15, -0.1) is 24.8 Å². The Hall–Kier alpha value is -0.560. The minimum atomic E-state index is -0.0864. The predicted octanol–water partition coefficient (Wildman–Crippen LogP) is 0.641. The van der Waals surface area contributed by atoms with Crippen molar-refractivity contribution in [2.75, 3.05) is 39.3 Å². The summed E-state index contributed by atoms with van der Waals surface area (Å²) in [6.07, 6.45) is 4.16. The number of amides is 2. The lowest BCUT2D eigenvalue weighted by atomic mass is 9.96. The Morgan fingerprint density at radius 2 is 1.58 bits per heavy atom. The molecule has 2 N–H and O–H groups in total. The Morgan fingerprint density at radius 3 is 2.12 bits per heavy atom. The fourth-order valence-electron chi connectivity index (χ4n) is 3.37. The average molecular weight is 381 g/mol. The fourth-order valence-corrected chi connectivity index (χ4v) is 3.37. The molecule has 1 saturated carbocycles. The van der Waals surface area contributed by atoms with Gasteiger partial charge in [0.1, 0.15) is 0 Å². The monoisotopic (exact) mass is 380 g/mol. The highest BCUT2D eigenvalue weighted by atomic mass is 35.5. The van der Waals surface area contributed by atoms with E-state index < -0.39 is 0 Å². The molecule has 0 aromatic heterocycles. The lowest BCUT2D eigenvalue weighted by Crippen LogP contribution is -2.56. The minimum absolute atomic E-state index is 0. The standard InChI is InChI=1S/C16H28N4O2.2ClH/c1-12(15(21)18-14-2-3-14)19-8-10-20(11-9-19)16(22)13-4-6-17-7-5-13;;/h12-14,17H,2-11H2,1H3,(H,18,21);2*1H. The molecule has 2 amide bonds. The third-order valence-corrected chi connectivity index (χ3v) is 5.17. The Balaban J connectivity index is 0.00000144. The van der Waals surface area contributed by atoms with Crippen molar-refractivity contribution in [2.24, 2.45) is 5.92 Å². The first-order chi connectivity index (χ1) is 10.6. The second-order valence-corrected chi connectivity index (χ2v) is 6.84. The zero-order chi connectivity index (χ0) is 15.5. The number of nitrogens with one attached hydrogen (secondary N) is 2. The molecule has 0 bridgehead atoms. The van der Waals surface area contributed by atoms with E-state index in [1.807, 2.05) is 11.8 Å². The van der Waals surface area contributed by atoms with E-state index in [0.717, 1.165) is 65.0 Å². The summed E-state index contributed by atoms with van der Waals surface area (Å²) in [7, 11) is 0. The molecule has 1 unspecified atom stereocenters. The van der Waals surface area contributed by atoms with Crippen LogP contribution in [0, 0.1) is 5.92 Å². The van der Waals surface area contributed by atoms with Gasteiger partial charge in [-0.3, -0.25) is 14.5 Å². The highest BCUT2D eigenvalue weighted by Crippen LogP contribution is 2.20. The van der Waals surface area contributed by atoms with Crippen molar-refractivity contribution in [3.05, 3.63) is 0 Å². The van der Waals surface area contributed by atoms with Gasteiger partial charge in [0.2, 0.25) is 11.8 Å². The molecule has 2 saturated heterocycles. The van der Waals surface area contributed by atoms with Crippen LogP contribution in [0.3, 0.4) is 0 Å². The molecular formula is C16H30Cl2N4O2. The smallest absolute Gasteiger partial charge is 0.237 e. The highest BCUT2D eigenvalue weighted by molar-refractivity contribution is 5.85. The maximum absolute atomic E-state index is 12.5. The number of halogens is 2. The van der Waals surface area contributed by atoms with E-state index in [1.165, 1.54) is 0 Å². The number of hydrogen-bond acceptors (Lipinski definition) is 4. The molecule has 8 heteroatoms. The quantitative estimate of drug-likeness (QED) is 0.750. The van der Waals surface area contributed by atoms with Gasteiger partial charge in [-0.25, -0.2) is 0 Å². The summed E-state index contributed by atoms with van der Waals surface area (Å²) < 4.78 is 0. The maximum Gasteiger partial charge on any atom is 0.237 e. The summed E-state index contributed by atoms with van der Waals surface area (Å²) in [5.41, 5.74) is 0. The molecule has 2 heterocycles. The largest absolute Gasteiger partial charge is 0.352 e. The van der Waals surface area contributed by atoms with Gasteiger partial charge < -0.3 is 15.5 Å². The lowest BCUT2D eigenvalue weighted by molar-refractivity contribution is -0.139. The van der Waals surface area contributed by atoms with Gasteiger partial charge in [0.15, 0.2) is 0 Å². The Kier molecular flexibility index (Phi) is 8.77. The molecule has 0 aromatic rings. The Labute approximate surface area is 156 Å². The number of carbonyl (C=O) groups is 2. The number of carbonyl (C=O) groups excluding carboxylic acids is 2. The van der Waals surface area contributed by atoms with Gasteiger partial charge in [-0.05, 0) is 45.7 Å². The second kappa shape index (κ2) is 9.80. The van der Waals surface area contributed by atoms with E-state index in [0.29, 0.717) is 11.9 Å². The van der Waals surface area contributed by atoms with Crippen LogP contribution < -0.4 is 10.6 Å². The van der Waals surface area contributed by atoms with Crippen LogP contribution in [0.15, 0.2) is 0 Å². The topological polar surface area (TPSA) is 64.7 Å². The number of piperidine rings is 1. The number of hydrogen-bond donors (Lipinski definition) is 2. The van der Waals surface area contributed by atoms with E-state index in [-0.39, 0.29) is 42.7 Å². The van der Waals surface area contributed by atoms with Gasteiger partial charge in [0.05, 0.1) is 6.04 Å². The van der Waals surface area contributed by atoms with Crippen molar-refractivity contribution in [3.8, 4) is 0 Å². The van der Waals surface area contributed by atoms with Crippen LogP contribution in [0.1, 0.15) is 32.6 Å². The molecule has 3 fully saturated rings. The molecule has 6 nitrogen and oxygen atoms in total. The number of rotatable bonds is 4. The lowest BCUT2D eigenvalue weighted by Gasteiger charge is -2.39. The van der Waals surface area contributed by atoms with Gasteiger partial charge in [0.25, 0.3) is 0 Å². The first kappa shape index (κ1) is 21.5. The number of piperazine rings is 1. The zero-order valence-electron chi connectivity index (χ0n) is 14.3.